The van der Waals surface area contributed by atoms with E-state index in [9.17, 15) is 0 Å². The number of nitrogens with zero attached hydrogens (tertiary/aromatic N) is 2. The maximum Gasteiger partial charge on any atom is 0.128 e. The number of hydrogen-bond acceptors (Lipinski definition) is 3. The van der Waals surface area contributed by atoms with Gasteiger partial charge < -0.3 is 5.73 Å². The third-order valence-electron chi connectivity index (χ3n) is 1.32. The second kappa shape index (κ2) is 3.32. The summed E-state index contributed by atoms with van der Waals surface area (Å²) in [5.74, 6) is 1.47. The molecule has 11 heavy (non-hydrogen) atoms. The molecular weight excluding hydrogens is 138 g/mol. The molecule has 0 atom stereocenters. The first-order chi connectivity index (χ1) is 5.18. The molecule has 1 aromatic heterocycles. The second-order valence-corrected chi connectivity index (χ2v) is 3.03. The van der Waals surface area contributed by atoms with Crippen LogP contribution in [0.2, 0.25) is 0 Å². The summed E-state index contributed by atoms with van der Waals surface area (Å²) < 4.78 is 0. The normalized spacial score (nSPS) is 10.5. The van der Waals surface area contributed by atoms with Crippen LogP contribution in [-0.4, -0.2) is 9.97 Å². The summed E-state index contributed by atoms with van der Waals surface area (Å²) in [5, 5.41) is 0. The van der Waals surface area contributed by atoms with Gasteiger partial charge in [0, 0.05) is 6.42 Å². The number of anilines is 1. The molecule has 0 aliphatic heterocycles. The molecule has 0 amide bonds. The molecule has 0 aliphatic rings. The molecule has 2 N–H and O–H groups in total. The Kier molecular flexibility index (Phi) is 2.41. The minimum atomic E-state index is 0.596. The number of nitrogen functional groups attached to an aromatic ring is 1. The number of nitrogens with two attached hydrogens (primary N) is 1. The van der Waals surface area contributed by atoms with Gasteiger partial charge in [-0.1, -0.05) is 13.8 Å². The maximum atomic E-state index is 5.43. The summed E-state index contributed by atoms with van der Waals surface area (Å²) in [4.78, 5) is 8.16. The van der Waals surface area contributed by atoms with E-state index >= 15 is 0 Å². The van der Waals surface area contributed by atoms with E-state index in [2.05, 4.69) is 23.8 Å². The van der Waals surface area contributed by atoms with Crippen LogP contribution in [0, 0.1) is 5.92 Å². The van der Waals surface area contributed by atoms with Crippen LogP contribution in [0.15, 0.2) is 12.4 Å². The highest BCUT2D eigenvalue weighted by Crippen LogP contribution is 2.02. The first kappa shape index (κ1) is 7.98. The fraction of sp³-hybridized carbons (Fsp3) is 0.500. The van der Waals surface area contributed by atoms with Crippen molar-refractivity contribution < 1.29 is 0 Å². The van der Waals surface area contributed by atoms with Crippen molar-refractivity contribution in [3.05, 3.63) is 18.2 Å². The first-order valence-electron chi connectivity index (χ1n) is 3.75. The summed E-state index contributed by atoms with van der Waals surface area (Å²) in [6.45, 7) is 4.28. The van der Waals surface area contributed by atoms with E-state index in [1.54, 1.807) is 12.4 Å². The molecule has 0 bridgehead atoms. The molecule has 0 saturated heterocycles. The molecule has 0 fully saturated rings. The Balaban J connectivity index is 2.66. The van der Waals surface area contributed by atoms with Crippen molar-refractivity contribution in [2.45, 2.75) is 20.3 Å². The molecule has 0 aliphatic carbocycles. The van der Waals surface area contributed by atoms with Crippen molar-refractivity contribution in [3.63, 3.8) is 0 Å². The molecule has 0 aromatic carbocycles. The highest BCUT2D eigenvalue weighted by Gasteiger charge is 1.98. The predicted molar refractivity (Wildman–Crippen MR) is 45.0 cm³/mol. The van der Waals surface area contributed by atoms with E-state index in [1.165, 1.54) is 0 Å². The lowest BCUT2D eigenvalue weighted by atomic mass is 10.1. The van der Waals surface area contributed by atoms with E-state index in [0.29, 0.717) is 11.6 Å². The summed E-state index contributed by atoms with van der Waals surface area (Å²) in [5.41, 5.74) is 6.06. The predicted octanol–water partition coefficient (Wildman–Crippen LogP) is 1.26. The molecule has 0 spiro atoms. The lowest BCUT2D eigenvalue weighted by Gasteiger charge is -2.01. The van der Waals surface area contributed by atoms with Crippen molar-refractivity contribution >= 4 is 5.69 Å². The topological polar surface area (TPSA) is 51.8 Å². The molecule has 0 unspecified atom stereocenters. The van der Waals surface area contributed by atoms with Crippen LogP contribution in [0.4, 0.5) is 5.69 Å². The van der Waals surface area contributed by atoms with Gasteiger partial charge in [-0.15, -0.1) is 0 Å². The Morgan fingerprint density at radius 2 is 1.91 bits per heavy atom. The molecule has 60 valence electrons. The van der Waals surface area contributed by atoms with Gasteiger partial charge in [0.25, 0.3) is 0 Å². The standard InChI is InChI=1S/C8H13N3/c1-6(2)3-8-10-4-7(9)5-11-8/h4-6H,3,9H2,1-2H3. The molecule has 1 heterocycles. The zero-order valence-corrected chi connectivity index (χ0v) is 6.91. The molecule has 0 saturated carbocycles. The van der Waals surface area contributed by atoms with E-state index < -0.39 is 0 Å². The third-order valence-corrected chi connectivity index (χ3v) is 1.32. The third kappa shape index (κ3) is 2.53. The summed E-state index contributed by atoms with van der Waals surface area (Å²) in [6, 6.07) is 0. The van der Waals surface area contributed by atoms with Gasteiger partial charge in [-0.05, 0) is 5.92 Å². The molecule has 1 rings (SSSR count). The summed E-state index contributed by atoms with van der Waals surface area (Å²) in [7, 11) is 0. The van der Waals surface area contributed by atoms with E-state index in [4.69, 9.17) is 5.73 Å². The SMILES string of the molecule is CC(C)Cc1ncc(N)cn1. The van der Waals surface area contributed by atoms with E-state index in [-0.39, 0.29) is 0 Å². The monoisotopic (exact) mass is 151 g/mol. The Labute approximate surface area is 66.7 Å². The van der Waals surface area contributed by atoms with Crippen LogP contribution in [0.1, 0.15) is 19.7 Å². The van der Waals surface area contributed by atoms with Crippen molar-refractivity contribution in [2.24, 2.45) is 5.92 Å². The largest absolute Gasteiger partial charge is 0.396 e. The van der Waals surface area contributed by atoms with E-state index in [1.807, 2.05) is 0 Å². The zero-order chi connectivity index (χ0) is 8.27. The van der Waals surface area contributed by atoms with Crippen molar-refractivity contribution in [1.82, 2.24) is 9.97 Å². The average molecular weight is 151 g/mol. The van der Waals surface area contributed by atoms with E-state index in [0.717, 1.165) is 12.2 Å². The van der Waals surface area contributed by atoms with Gasteiger partial charge in [0.15, 0.2) is 0 Å². The van der Waals surface area contributed by atoms with Crippen LogP contribution < -0.4 is 5.73 Å². The van der Waals surface area contributed by atoms with Gasteiger partial charge in [0.2, 0.25) is 0 Å². The Hall–Kier alpha value is -1.12. The van der Waals surface area contributed by atoms with Crippen LogP contribution in [0.25, 0.3) is 0 Å². The number of hydrogen-bond donors (Lipinski definition) is 1. The maximum absolute atomic E-state index is 5.43. The fourth-order valence-corrected chi connectivity index (χ4v) is 0.835. The van der Waals surface area contributed by atoms with Gasteiger partial charge in [0.05, 0.1) is 18.1 Å². The van der Waals surface area contributed by atoms with Crippen LogP contribution in [0.5, 0.6) is 0 Å². The van der Waals surface area contributed by atoms with Crippen LogP contribution in [0.3, 0.4) is 0 Å². The smallest absolute Gasteiger partial charge is 0.128 e. The molecule has 3 heteroatoms. The van der Waals surface area contributed by atoms with Crippen LogP contribution >= 0.6 is 0 Å². The highest BCUT2D eigenvalue weighted by molar-refractivity contribution is 5.30. The summed E-state index contributed by atoms with van der Waals surface area (Å²) in [6.07, 6.45) is 4.20. The second-order valence-electron chi connectivity index (χ2n) is 3.03. The van der Waals surface area contributed by atoms with Gasteiger partial charge in [-0.2, -0.15) is 0 Å². The van der Waals surface area contributed by atoms with Gasteiger partial charge in [-0.25, -0.2) is 9.97 Å². The van der Waals surface area contributed by atoms with Crippen molar-refractivity contribution in [3.8, 4) is 0 Å². The average Bonchev–Trinajstić information content (AvgIpc) is 1.93. The lowest BCUT2D eigenvalue weighted by molar-refractivity contribution is 0.621. The first-order valence-corrected chi connectivity index (χ1v) is 3.75. The highest BCUT2D eigenvalue weighted by atomic mass is 14.9. The minimum Gasteiger partial charge on any atom is -0.396 e. The van der Waals surface area contributed by atoms with Gasteiger partial charge >= 0.3 is 0 Å². The van der Waals surface area contributed by atoms with Crippen molar-refractivity contribution in [1.29, 1.82) is 0 Å². The number of aromatic nitrogens is 2. The van der Waals surface area contributed by atoms with Gasteiger partial charge in [-0.3, -0.25) is 0 Å². The Bertz CT molecular complexity index is 215. The molecular formula is C8H13N3. The van der Waals surface area contributed by atoms with Gasteiger partial charge in [0.1, 0.15) is 5.82 Å². The minimum absolute atomic E-state index is 0.596. The van der Waals surface area contributed by atoms with Crippen LogP contribution in [-0.2, 0) is 6.42 Å². The van der Waals surface area contributed by atoms with Crippen molar-refractivity contribution in [2.75, 3.05) is 5.73 Å². The zero-order valence-electron chi connectivity index (χ0n) is 6.91. The molecule has 0 radical (unpaired) electrons. The Morgan fingerprint density at radius 1 is 1.36 bits per heavy atom. The Morgan fingerprint density at radius 3 is 2.36 bits per heavy atom. The summed E-state index contributed by atoms with van der Waals surface area (Å²) >= 11 is 0. The number of rotatable bonds is 2. The fourth-order valence-electron chi connectivity index (χ4n) is 0.835. The molecule has 3 nitrogen and oxygen atoms in total. The quantitative estimate of drug-likeness (QED) is 0.692. The lowest BCUT2D eigenvalue weighted by Crippen LogP contribution is -2.00. The molecule has 1 aromatic rings.